The Morgan fingerprint density at radius 1 is 1.12 bits per heavy atom. The van der Waals surface area contributed by atoms with Crippen LogP contribution in [0.4, 0.5) is 0 Å². The maximum absolute atomic E-state index is 12.8. The predicted molar refractivity (Wildman–Crippen MR) is 92.6 cm³/mol. The maximum Gasteiger partial charge on any atom is 0.255 e. The Hall–Kier alpha value is -3.02. The van der Waals surface area contributed by atoms with Gasteiger partial charge in [-0.15, -0.1) is 0 Å². The first-order valence-corrected chi connectivity index (χ1v) is 8.03. The third-order valence-corrected chi connectivity index (χ3v) is 4.20. The number of nitrogens with zero attached hydrogens (tertiary/aromatic N) is 1. The Labute approximate surface area is 146 Å². The Morgan fingerprint density at radius 3 is 2.60 bits per heavy atom. The number of ether oxygens (including phenoxy) is 2. The molecule has 0 bridgehead atoms. The lowest BCUT2D eigenvalue weighted by molar-refractivity contribution is -0.119. The highest BCUT2D eigenvalue weighted by Gasteiger charge is 2.22. The average molecular weight is 340 g/mol. The van der Waals surface area contributed by atoms with Crippen LogP contribution < -0.4 is 15.2 Å². The highest BCUT2D eigenvalue weighted by molar-refractivity contribution is 5.95. The number of carbonyl (C=O) groups is 2. The molecule has 0 radical (unpaired) electrons. The van der Waals surface area contributed by atoms with Gasteiger partial charge in [-0.3, -0.25) is 9.59 Å². The molecule has 25 heavy (non-hydrogen) atoms. The number of amides is 2. The van der Waals surface area contributed by atoms with E-state index in [0.29, 0.717) is 30.2 Å². The fraction of sp³-hybridized carbons (Fsp3) is 0.263. The number of rotatable bonds is 5. The van der Waals surface area contributed by atoms with E-state index in [1.807, 2.05) is 17.0 Å². The van der Waals surface area contributed by atoms with Crippen molar-refractivity contribution in [3.8, 4) is 11.5 Å². The first-order valence-electron chi connectivity index (χ1n) is 8.03. The summed E-state index contributed by atoms with van der Waals surface area (Å²) in [6.45, 7) is 1.03. The summed E-state index contributed by atoms with van der Waals surface area (Å²) in [6.07, 6.45) is 0.846. The fourth-order valence-electron chi connectivity index (χ4n) is 2.92. The van der Waals surface area contributed by atoms with Crippen LogP contribution in [0.5, 0.6) is 11.5 Å². The largest absolute Gasteiger partial charge is 0.493 e. The summed E-state index contributed by atoms with van der Waals surface area (Å²) in [5.74, 6) is 0.134. The lowest BCUT2D eigenvalue weighted by Gasteiger charge is -2.29. The van der Waals surface area contributed by atoms with E-state index in [9.17, 15) is 9.59 Å². The van der Waals surface area contributed by atoms with E-state index in [1.54, 1.807) is 18.2 Å². The standard InChI is InChI=1S/C19H20N2O4/c1-24-17-10-14(6-7-16(17)25-12-18(20)22)19(23)21-9-8-13-4-2-3-5-15(13)11-21/h2-7,10H,8-9,11-12H2,1H3,(H2,20,22). The Kier molecular flexibility index (Phi) is 4.88. The molecule has 6 nitrogen and oxygen atoms in total. The zero-order valence-corrected chi connectivity index (χ0v) is 14.0. The minimum absolute atomic E-state index is 0.0609. The van der Waals surface area contributed by atoms with Gasteiger partial charge in [0.15, 0.2) is 18.1 Å². The van der Waals surface area contributed by atoms with Crippen LogP contribution in [0, 0.1) is 0 Å². The summed E-state index contributed by atoms with van der Waals surface area (Å²) in [5, 5.41) is 0. The molecule has 2 aromatic carbocycles. The maximum atomic E-state index is 12.8. The van der Waals surface area contributed by atoms with E-state index >= 15 is 0 Å². The molecule has 2 aromatic rings. The number of carbonyl (C=O) groups excluding carboxylic acids is 2. The molecule has 3 rings (SSSR count). The number of benzene rings is 2. The lowest BCUT2D eigenvalue weighted by atomic mass is 9.99. The number of methoxy groups -OCH3 is 1. The summed E-state index contributed by atoms with van der Waals surface area (Å²) in [6, 6.07) is 13.1. The van der Waals surface area contributed by atoms with Crippen LogP contribution in [-0.4, -0.2) is 37.0 Å². The number of primary amides is 1. The second-order valence-corrected chi connectivity index (χ2v) is 5.87. The monoisotopic (exact) mass is 340 g/mol. The molecular weight excluding hydrogens is 320 g/mol. The van der Waals surface area contributed by atoms with Crippen molar-refractivity contribution >= 4 is 11.8 Å². The molecule has 0 atom stereocenters. The Balaban J connectivity index is 1.77. The zero-order chi connectivity index (χ0) is 17.8. The van der Waals surface area contributed by atoms with Crippen LogP contribution >= 0.6 is 0 Å². The molecular formula is C19H20N2O4. The van der Waals surface area contributed by atoms with Gasteiger partial charge < -0.3 is 20.1 Å². The van der Waals surface area contributed by atoms with E-state index in [1.165, 1.54) is 18.2 Å². The molecule has 0 fully saturated rings. The van der Waals surface area contributed by atoms with Crippen molar-refractivity contribution in [1.29, 1.82) is 0 Å². The smallest absolute Gasteiger partial charge is 0.255 e. The second kappa shape index (κ2) is 7.25. The van der Waals surface area contributed by atoms with Gasteiger partial charge in [0.05, 0.1) is 7.11 Å². The first kappa shape index (κ1) is 16.8. The van der Waals surface area contributed by atoms with Gasteiger partial charge in [0, 0.05) is 18.7 Å². The highest BCUT2D eigenvalue weighted by atomic mass is 16.5. The molecule has 6 heteroatoms. The molecule has 1 aliphatic rings. The van der Waals surface area contributed by atoms with Crippen molar-refractivity contribution < 1.29 is 19.1 Å². The number of hydrogen-bond donors (Lipinski definition) is 1. The summed E-state index contributed by atoms with van der Waals surface area (Å²) < 4.78 is 10.6. The quantitative estimate of drug-likeness (QED) is 0.899. The summed E-state index contributed by atoms with van der Waals surface area (Å²) in [4.78, 5) is 25.5. The molecule has 2 N–H and O–H groups in total. The van der Waals surface area contributed by atoms with Crippen molar-refractivity contribution in [2.24, 2.45) is 5.73 Å². The number of nitrogens with two attached hydrogens (primary N) is 1. The van der Waals surface area contributed by atoms with E-state index in [0.717, 1.165) is 6.42 Å². The topological polar surface area (TPSA) is 81.9 Å². The fourth-order valence-corrected chi connectivity index (χ4v) is 2.92. The van der Waals surface area contributed by atoms with Gasteiger partial charge in [0.25, 0.3) is 11.8 Å². The minimum atomic E-state index is -0.575. The van der Waals surface area contributed by atoms with Crippen molar-refractivity contribution in [2.75, 3.05) is 20.3 Å². The number of hydrogen-bond acceptors (Lipinski definition) is 4. The van der Waals surface area contributed by atoms with Gasteiger partial charge in [0.1, 0.15) is 0 Å². The van der Waals surface area contributed by atoms with E-state index in [2.05, 4.69) is 12.1 Å². The third-order valence-electron chi connectivity index (χ3n) is 4.20. The molecule has 0 spiro atoms. The highest BCUT2D eigenvalue weighted by Crippen LogP contribution is 2.29. The van der Waals surface area contributed by atoms with Crippen molar-refractivity contribution in [3.63, 3.8) is 0 Å². The SMILES string of the molecule is COc1cc(C(=O)N2CCc3ccccc3C2)ccc1OCC(N)=O. The summed E-state index contributed by atoms with van der Waals surface area (Å²) in [5.41, 5.74) is 8.06. The Morgan fingerprint density at radius 2 is 1.88 bits per heavy atom. The second-order valence-electron chi connectivity index (χ2n) is 5.87. The van der Waals surface area contributed by atoms with Crippen LogP contribution in [0.3, 0.4) is 0 Å². The molecule has 1 aliphatic heterocycles. The first-order chi connectivity index (χ1) is 12.1. The lowest BCUT2D eigenvalue weighted by Crippen LogP contribution is -2.35. The van der Waals surface area contributed by atoms with Gasteiger partial charge in [0.2, 0.25) is 0 Å². The molecule has 0 aliphatic carbocycles. The molecule has 0 aromatic heterocycles. The molecule has 2 amide bonds. The van der Waals surface area contributed by atoms with Gasteiger partial charge in [-0.25, -0.2) is 0 Å². The van der Waals surface area contributed by atoms with Crippen LogP contribution in [0.15, 0.2) is 42.5 Å². The van der Waals surface area contributed by atoms with Gasteiger partial charge in [-0.1, -0.05) is 24.3 Å². The van der Waals surface area contributed by atoms with Crippen LogP contribution in [-0.2, 0) is 17.8 Å². The van der Waals surface area contributed by atoms with Gasteiger partial charge >= 0.3 is 0 Å². The molecule has 0 saturated heterocycles. The average Bonchev–Trinajstić information content (AvgIpc) is 2.65. The molecule has 1 heterocycles. The van der Waals surface area contributed by atoms with Gasteiger partial charge in [-0.2, -0.15) is 0 Å². The van der Waals surface area contributed by atoms with Crippen LogP contribution in [0.2, 0.25) is 0 Å². The Bertz CT molecular complexity index is 804. The molecule has 130 valence electrons. The van der Waals surface area contributed by atoms with Crippen molar-refractivity contribution in [3.05, 3.63) is 59.2 Å². The number of fused-ring (bicyclic) bond motifs is 1. The third kappa shape index (κ3) is 3.74. The molecule has 0 saturated carbocycles. The normalized spacial score (nSPS) is 13.1. The van der Waals surface area contributed by atoms with E-state index in [4.69, 9.17) is 15.2 Å². The van der Waals surface area contributed by atoms with Crippen LogP contribution in [0.1, 0.15) is 21.5 Å². The predicted octanol–water partition coefficient (Wildman–Crippen LogP) is 1.76. The van der Waals surface area contributed by atoms with Crippen molar-refractivity contribution in [2.45, 2.75) is 13.0 Å². The van der Waals surface area contributed by atoms with Crippen molar-refractivity contribution in [1.82, 2.24) is 4.90 Å². The van der Waals surface area contributed by atoms with Gasteiger partial charge in [-0.05, 0) is 35.7 Å². The summed E-state index contributed by atoms with van der Waals surface area (Å²) >= 11 is 0. The van der Waals surface area contributed by atoms with Crippen LogP contribution in [0.25, 0.3) is 0 Å². The van der Waals surface area contributed by atoms with E-state index < -0.39 is 5.91 Å². The van der Waals surface area contributed by atoms with E-state index in [-0.39, 0.29) is 12.5 Å². The minimum Gasteiger partial charge on any atom is -0.493 e. The zero-order valence-electron chi connectivity index (χ0n) is 14.0. The molecule has 0 unspecified atom stereocenters. The summed E-state index contributed by atoms with van der Waals surface area (Å²) in [7, 11) is 1.48.